The lowest BCUT2D eigenvalue weighted by atomic mass is 9.70. The van der Waals surface area contributed by atoms with Crippen molar-refractivity contribution in [1.82, 2.24) is 15.1 Å². The number of likely N-dealkylation sites (N-methyl/N-ethyl adjacent to an activating group) is 1. The highest BCUT2D eigenvalue weighted by molar-refractivity contribution is 4.97. The molecule has 3 nitrogen and oxygen atoms in total. The third-order valence-corrected chi connectivity index (χ3v) is 5.70. The molecule has 2 rings (SSSR count). The molecular weight excluding hydrogens is 258 g/mol. The average Bonchev–Trinajstić information content (AvgIpc) is 2.95. The molecule has 0 bridgehead atoms. The molecule has 2 atom stereocenters. The lowest BCUT2D eigenvalue weighted by molar-refractivity contribution is 0.0585. The van der Waals surface area contributed by atoms with Crippen LogP contribution in [0.15, 0.2) is 0 Å². The standard InChI is InChI=1S/C18H37N3/c1-5-11-19-17-16(9-8-10-18(17,2)3)20(4)14-15-21-12-6-7-13-21/h16-17,19H,5-15H2,1-4H3. The molecule has 0 amide bonds. The topological polar surface area (TPSA) is 18.5 Å². The molecule has 2 fully saturated rings. The summed E-state index contributed by atoms with van der Waals surface area (Å²) in [6.07, 6.45) is 8.15. The Morgan fingerprint density at radius 1 is 1.19 bits per heavy atom. The van der Waals surface area contributed by atoms with Gasteiger partial charge in [-0.05, 0) is 64.2 Å². The van der Waals surface area contributed by atoms with E-state index >= 15 is 0 Å². The molecule has 1 heterocycles. The number of rotatable bonds is 7. The van der Waals surface area contributed by atoms with Crippen molar-refractivity contribution in [1.29, 1.82) is 0 Å². The molecular formula is C18H37N3. The van der Waals surface area contributed by atoms with Crippen LogP contribution in [0.25, 0.3) is 0 Å². The predicted octanol–water partition coefficient (Wildman–Crippen LogP) is 2.96. The Kier molecular flexibility index (Phi) is 6.51. The first-order valence-corrected chi connectivity index (χ1v) is 9.20. The summed E-state index contributed by atoms with van der Waals surface area (Å²) in [7, 11) is 2.35. The first kappa shape index (κ1) is 17.2. The van der Waals surface area contributed by atoms with Crippen LogP contribution in [0, 0.1) is 5.41 Å². The van der Waals surface area contributed by atoms with Crippen molar-refractivity contribution in [2.24, 2.45) is 5.41 Å². The van der Waals surface area contributed by atoms with Crippen molar-refractivity contribution in [3.63, 3.8) is 0 Å². The van der Waals surface area contributed by atoms with E-state index in [0.29, 0.717) is 17.5 Å². The molecule has 0 aromatic rings. The molecule has 21 heavy (non-hydrogen) atoms. The van der Waals surface area contributed by atoms with Gasteiger partial charge >= 0.3 is 0 Å². The highest BCUT2D eigenvalue weighted by Crippen LogP contribution is 2.37. The molecule has 1 aliphatic heterocycles. The second-order valence-electron chi connectivity index (χ2n) is 7.91. The molecule has 1 N–H and O–H groups in total. The molecule has 0 spiro atoms. The van der Waals surface area contributed by atoms with E-state index in [0.717, 1.165) is 6.54 Å². The van der Waals surface area contributed by atoms with Gasteiger partial charge in [-0.25, -0.2) is 0 Å². The molecule has 0 radical (unpaired) electrons. The number of hydrogen-bond acceptors (Lipinski definition) is 3. The Hall–Kier alpha value is -0.120. The van der Waals surface area contributed by atoms with Gasteiger partial charge in [-0.2, -0.15) is 0 Å². The van der Waals surface area contributed by atoms with Crippen LogP contribution in [0.3, 0.4) is 0 Å². The van der Waals surface area contributed by atoms with Gasteiger partial charge in [-0.15, -0.1) is 0 Å². The predicted molar refractivity (Wildman–Crippen MR) is 91.8 cm³/mol. The van der Waals surface area contributed by atoms with E-state index in [2.05, 4.69) is 42.9 Å². The summed E-state index contributed by atoms with van der Waals surface area (Å²) in [4.78, 5) is 5.28. The van der Waals surface area contributed by atoms with Crippen LogP contribution in [-0.2, 0) is 0 Å². The van der Waals surface area contributed by atoms with E-state index in [4.69, 9.17) is 0 Å². The Morgan fingerprint density at radius 2 is 1.90 bits per heavy atom. The fourth-order valence-corrected chi connectivity index (χ4v) is 4.27. The van der Waals surface area contributed by atoms with Gasteiger partial charge in [0.25, 0.3) is 0 Å². The number of hydrogen-bond donors (Lipinski definition) is 1. The fraction of sp³-hybridized carbons (Fsp3) is 1.00. The van der Waals surface area contributed by atoms with Crippen LogP contribution >= 0.6 is 0 Å². The van der Waals surface area contributed by atoms with E-state index < -0.39 is 0 Å². The normalized spacial score (nSPS) is 30.1. The molecule has 1 saturated heterocycles. The van der Waals surface area contributed by atoms with Gasteiger partial charge in [0.1, 0.15) is 0 Å². The molecule has 1 aliphatic carbocycles. The molecule has 3 heteroatoms. The van der Waals surface area contributed by atoms with E-state index in [1.54, 1.807) is 0 Å². The zero-order valence-corrected chi connectivity index (χ0v) is 14.8. The van der Waals surface area contributed by atoms with Crippen LogP contribution in [-0.4, -0.2) is 61.7 Å². The van der Waals surface area contributed by atoms with Crippen LogP contribution in [0.4, 0.5) is 0 Å². The van der Waals surface area contributed by atoms with Crippen LogP contribution in [0.2, 0.25) is 0 Å². The molecule has 1 saturated carbocycles. The SMILES string of the molecule is CCCNC1C(N(C)CCN2CCCC2)CCCC1(C)C. The second-order valence-corrected chi connectivity index (χ2v) is 7.91. The minimum absolute atomic E-state index is 0.431. The Bertz CT molecular complexity index is 297. The van der Waals surface area contributed by atoms with Crippen molar-refractivity contribution < 1.29 is 0 Å². The van der Waals surface area contributed by atoms with Crippen molar-refractivity contribution in [3.05, 3.63) is 0 Å². The third kappa shape index (κ3) is 4.67. The van der Waals surface area contributed by atoms with Gasteiger partial charge in [0, 0.05) is 25.2 Å². The van der Waals surface area contributed by atoms with Gasteiger partial charge < -0.3 is 15.1 Å². The minimum atomic E-state index is 0.431. The summed E-state index contributed by atoms with van der Waals surface area (Å²) in [6, 6.07) is 1.36. The summed E-state index contributed by atoms with van der Waals surface area (Å²) in [5.41, 5.74) is 0.431. The highest BCUT2D eigenvalue weighted by Gasteiger charge is 2.40. The van der Waals surface area contributed by atoms with Crippen LogP contribution < -0.4 is 5.32 Å². The highest BCUT2D eigenvalue weighted by atomic mass is 15.2. The van der Waals surface area contributed by atoms with Crippen molar-refractivity contribution in [2.45, 2.75) is 71.4 Å². The maximum atomic E-state index is 3.87. The number of nitrogens with zero attached hydrogens (tertiary/aromatic N) is 2. The first-order chi connectivity index (χ1) is 10.0. The van der Waals surface area contributed by atoms with Crippen molar-refractivity contribution in [3.8, 4) is 0 Å². The zero-order valence-electron chi connectivity index (χ0n) is 14.8. The van der Waals surface area contributed by atoms with Gasteiger partial charge in [0.15, 0.2) is 0 Å². The van der Waals surface area contributed by atoms with E-state index in [1.807, 2.05) is 0 Å². The van der Waals surface area contributed by atoms with E-state index in [-0.39, 0.29) is 0 Å². The van der Waals surface area contributed by atoms with Crippen molar-refractivity contribution in [2.75, 3.05) is 39.8 Å². The minimum Gasteiger partial charge on any atom is -0.312 e. The molecule has 0 aromatic heterocycles. The second kappa shape index (κ2) is 7.94. The largest absolute Gasteiger partial charge is 0.312 e. The van der Waals surface area contributed by atoms with Gasteiger partial charge in [-0.3, -0.25) is 0 Å². The smallest absolute Gasteiger partial charge is 0.0274 e. The number of nitrogens with one attached hydrogen (secondary N) is 1. The van der Waals surface area contributed by atoms with Crippen molar-refractivity contribution >= 4 is 0 Å². The lowest BCUT2D eigenvalue weighted by Gasteiger charge is -2.48. The van der Waals surface area contributed by atoms with Gasteiger partial charge in [0.05, 0.1) is 0 Å². The monoisotopic (exact) mass is 295 g/mol. The molecule has 2 aliphatic rings. The molecule has 124 valence electrons. The first-order valence-electron chi connectivity index (χ1n) is 9.20. The summed E-state index contributed by atoms with van der Waals surface area (Å²) >= 11 is 0. The van der Waals surface area contributed by atoms with Crippen LogP contribution in [0.5, 0.6) is 0 Å². The lowest BCUT2D eigenvalue weighted by Crippen LogP contribution is -2.58. The maximum absolute atomic E-state index is 3.87. The Morgan fingerprint density at radius 3 is 2.57 bits per heavy atom. The van der Waals surface area contributed by atoms with E-state index in [1.165, 1.54) is 64.7 Å². The van der Waals surface area contributed by atoms with Gasteiger partial charge in [-0.1, -0.05) is 27.2 Å². The van der Waals surface area contributed by atoms with Gasteiger partial charge in [0.2, 0.25) is 0 Å². The Balaban J connectivity index is 1.89. The molecule has 2 unspecified atom stereocenters. The Labute approximate surface area is 132 Å². The average molecular weight is 296 g/mol. The fourth-order valence-electron chi connectivity index (χ4n) is 4.27. The summed E-state index contributed by atoms with van der Waals surface area (Å²) < 4.78 is 0. The quantitative estimate of drug-likeness (QED) is 0.779. The summed E-state index contributed by atoms with van der Waals surface area (Å²) in [5.74, 6) is 0. The van der Waals surface area contributed by atoms with E-state index in [9.17, 15) is 0 Å². The molecule has 0 aromatic carbocycles. The zero-order chi connectivity index (χ0) is 15.3. The van der Waals surface area contributed by atoms with Crippen LogP contribution in [0.1, 0.15) is 59.3 Å². The summed E-state index contributed by atoms with van der Waals surface area (Å²) in [5, 5.41) is 3.87. The summed E-state index contributed by atoms with van der Waals surface area (Å²) in [6.45, 7) is 13.5. The third-order valence-electron chi connectivity index (χ3n) is 5.70. The number of likely N-dealkylation sites (tertiary alicyclic amines) is 1. The maximum Gasteiger partial charge on any atom is 0.0274 e.